The van der Waals surface area contributed by atoms with E-state index in [1.165, 1.54) is 0 Å². The molecule has 0 radical (unpaired) electrons. The normalized spacial score (nSPS) is 10.7. The Kier molecular flexibility index (Phi) is 4.19. The highest BCUT2D eigenvalue weighted by Gasteiger charge is 2.10. The molecule has 0 amide bonds. The monoisotopic (exact) mass is 346 g/mol. The van der Waals surface area contributed by atoms with E-state index in [4.69, 9.17) is 19.2 Å². The summed E-state index contributed by atoms with van der Waals surface area (Å²) in [7, 11) is 3.25. The van der Waals surface area contributed by atoms with Gasteiger partial charge in [0, 0.05) is 24.0 Å². The molecule has 2 aromatic heterocycles. The van der Waals surface area contributed by atoms with Crippen molar-refractivity contribution in [2.45, 2.75) is 0 Å². The summed E-state index contributed by atoms with van der Waals surface area (Å²) in [6.45, 7) is 0. The van der Waals surface area contributed by atoms with E-state index in [1.807, 2.05) is 77.5 Å². The molecule has 130 valence electrons. The maximum absolute atomic E-state index is 5.88. The number of methoxy groups -OCH3 is 2. The first-order valence-electron chi connectivity index (χ1n) is 8.21. The van der Waals surface area contributed by atoms with E-state index in [0.717, 1.165) is 28.4 Å². The van der Waals surface area contributed by atoms with E-state index in [-0.39, 0.29) is 0 Å². The highest BCUT2D eigenvalue weighted by molar-refractivity contribution is 5.66. The minimum Gasteiger partial charge on any atom is -0.493 e. The summed E-state index contributed by atoms with van der Waals surface area (Å²) in [5, 5.41) is 0. The second-order valence-corrected chi connectivity index (χ2v) is 5.74. The molecule has 0 N–H and O–H groups in total. The number of nitrogens with zero attached hydrogens (tertiary/aromatic N) is 2. The summed E-state index contributed by atoms with van der Waals surface area (Å²) >= 11 is 0. The van der Waals surface area contributed by atoms with Crippen molar-refractivity contribution in [3.8, 4) is 34.3 Å². The van der Waals surface area contributed by atoms with Gasteiger partial charge in [-0.3, -0.25) is 0 Å². The molecular formula is C21H18N2O3. The lowest BCUT2D eigenvalue weighted by atomic mass is 10.1. The van der Waals surface area contributed by atoms with Gasteiger partial charge in [-0.05, 0) is 36.4 Å². The van der Waals surface area contributed by atoms with E-state index in [9.17, 15) is 0 Å². The lowest BCUT2D eigenvalue weighted by Gasteiger charge is -2.08. The Morgan fingerprint density at radius 2 is 1.62 bits per heavy atom. The first kappa shape index (κ1) is 16.0. The molecule has 26 heavy (non-hydrogen) atoms. The predicted molar refractivity (Wildman–Crippen MR) is 100 cm³/mol. The Labute approximate surface area is 151 Å². The average molecular weight is 346 g/mol. The molecule has 0 bridgehead atoms. The molecule has 0 unspecified atom stereocenters. The van der Waals surface area contributed by atoms with Crippen LogP contribution in [0.4, 0.5) is 0 Å². The first-order valence-corrected chi connectivity index (χ1v) is 8.21. The molecule has 0 spiro atoms. The molecule has 0 saturated carbocycles. The summed E-state index contributed by atoms with van der Waals surface area (Å²) < 4.78 is 18.5. The molecule has 0 saturated heterocycles. The number of benzene rings is 2. The van der Waals surface area contributed by atoms with Gasteiger partial charge < -0.3 is 18.6 Å². The van der Waals surface area contributed by atoms with Crippen LogP contribution in [-0.4, -0.2) is 23.6 Å². The summed E-state index contributed by atoms with van der Waals surface area (Å²) in [5.74, 6) is 2.91. The SMILES string of the molecule is COc1ccc(-c2cn3ccc(Oc4ccccc4)cc3n2)cc1OC. The first-order chi connectivity index (χ1) is 12.8. The number of fused-ring (bicyclic) bond motifs is 1. The standard InChI is InChI=1S/C21H18N2O3/c1-24-19-9-8-15(12-20(19)25-2)18-14-23-11-10-17(13-21(23)22-18)26-16-6-4-3-5-7-16/h3-14H,1-2H3. The minimum absolute atomic E-state index is 0.676. The van der Waals surface area contributed by atoms with Crippen molar-refractivity contribution in [1.82, 2.24) is 9.38 Å². The number of imidazole rings is 1. The van der Waals surface area contributed by atoms with Crippen molar-refractivity contribution in [3.05, 3.63) is 73.1 Å². The number of pyridine rings is 1. The zero-order valence-corrected chi connectivity index (χ0v) is 14.5. The number of ether oxygens (including phenoxy) is 3. The van der Waals surface area contributed by atoms with E-state index in [0.29, 0.717) is 11.5 Å². The van der Waals surface area contributed by atoms with Crippen LogP contribution in [0.15, 0.2) is 73.1 Å². The highest BCUT2D eigenvalue weighted by Crippen LogP contribution is 2.32. The summed E-state index contributed by atoms with van der Waals surface area (Å²) in [6, 6.07) is 19.3. The van der Waals surface area contributed by atoms with E-state index in [2.05, 4.69) is 0 Å². The molecule has 4 aromatic rings. The van der Waals surface area contributed by atoms with Crippen LogP contribution in [0.3, 0.4) is 0 Å². The van der Waals surface area contributed by atoms with Gasteiger partial charge in [0.15, 0.2) is 11.5 Å². The van der Waals surface area contributed by atoms with Crippen molar-refractivity contribution >= 4 is 5.65 Å². The Bertz CT molecular complexity index is 1040. The van der Waals surface area contributed by atoms with Gasteiger partial charge in [0.2, 0.25) is 0 Å². The predicted octanol–water partition coefficient (Wildman–Crippen LogP) is 4.81. The average Bonchev–Trinajstić information content (AvgIpc) is 3.11. The Morgan fingerprint density at radius 3 is 2.38 bits per heavy atom. The zero-order valence-electron chi connectivity index (χ0n) is 14.5. The molecule has 0 fully saturated rings. The number of hydrogen-bond acceptors (Lipinski definition) is 4. The fourth-order valence-corrected chi connectivity index (χ4v) is 2.79. The molecule has 2 aromatic carbocycles. The van der Waals surface area contributed by atoms with Gasteiger partial charge in [0.25, 0.3) is 0 Å². The second-order valence-electron chi connectivity index (χ2n) is 5.74. The fraction of sp³-hybridized carbons (Fsp3) is 0.0952. The van der Waals surface area contributed by atoms with Gasteiger partial charge in [-0.25, -0.2) is 4.98 Å². The topological polar surface area (TPSA) is 45.0 Å². The van der Waals surface area contributed by atoms with Crippen LogP contribution >= 0.6 is 0 Å². The van der Waals surface area contributed by atoms with Gasteiger partial charge in [-0.15, -0.1) is 0 Å². The van der Waals surface area contributed by atoms with Crippen molar-refractivity contribution in [3.63, 3.8) is 0 Å². The van der Waals surface area contributed by atoms with Gasteiger partial charge in [-0.2, -0.15) is 0 Å². The van der Waals surface area contributed by atoms with Gasteiger partial charge in [0.05, 0.1) is 19.9 Å². The molecule has 0 aliphatic rings. The third-order valence-corrected chi connectivity index (χ3v) is 4.09. The number of para-hydroxylation sites is 1. The highest BCUT2D eigenvalue weighted by atomic mass is 16.5. The molecule has 0 atom stereocenters. The fourth-order valence-electron chi connectivity index (χ4n) is 2.79. The third kappa shape index (κ3) is 3.07. The number of hydrogen-bond donors (Lipinski definition) is 0. The molecule has 4 rings (SSSR count). The quantitative estimate of drug-likeness (QED) is 0.520. The summed E-state index contributed by atoms with van der Waals surface area (Å²) in [6.07, 6.45) is 3.91. The largest absolute Gasteiger partial charge is 0.493 e. The Morgan fingerprint density at radius 1 is 0.808 bits per heavy atom. The molecule has 5 nitrogen and oxygen atoms in total. The molecular weight excluding hydrogens is 328 g/mol. The van der Waals surface area contributed by atoms with Crippen LogP contribution in [0.5, 0.6) is 23.0 Å². The Hall–Kier alpha value is -3.47. The summed E-state index contributed by atoms with van der Waals surface area (Å²) in [5.41, 5.74) is 2.61. The van der Waals surface area contributed by atoms with Crippen LogP contribution in [-0.2, 0) is 0 Å². The molecule has 0 aliphatic carbocycles. The van der Waals surface area contributed by atoms with Gasteiger partial charge in [0.1, 0.15) is 17.1 Å². The van der Waals surface area contributed by atoms with Crippen LogP contribution in [0.25, 0.3) is 16.9 Å². The number of rotatable bonds is 5. The maximum Gasteiger partial charge on any atom is 0.161 e. The molecule has 2 heterocycles. The molecule has 0 aliphatic heterocycles. The van der Waals surface area contributed by atoms with Crippen LogP contribution in [0, 0.1) is 0 Å². The van der Waals surface area contributed by atoms with E-state index >= 15 is 0 Å². The van der Waals surface area contributed by atoms with Crippen molar-refractivity contribution in [2.24, 2.45) is 0 Å². The minimum atomic E-state index is 0.676. The van der Waals surface area contributed by atoms with Crippen LogP contribution in [0.1, 0.15) is 0 Å². The lowest BCUT2D eigenvalue weighted by molar-refractivity contribution is 0.355. The van der Waals surface area contributed by atoms with Crippen molar-refractivity contribution < 1.29 is 14.2 Å². The van der Waals surface area contributed by atoms with Crippen molar-refractivity contribution in [1.29, 1.82) is 0 Å². The van der Waals surface area contributed by atoms with E-state index < -0.39 is 0 Å². The molecule has 5 heteroatoms. The van der Waals surface area contributed by atoms with Crippen molar-refractivity contribution in [2.75, 3.05) is 14.2 Å². The second kappa shape index (κ2) is 6.80. The van der Waals surface area contributed by atoms with Gasteiger partial charge >= 0.3 is 0 Å². The maximum atomic E-state index is 5.88. The lowest BCUT2D eigenvalue weighted by Crippen LogP contribution is -1.90. The van der Waals surface area contributed by atoms with Crippen LogP contribution in [0.2, 0.25) is 0 Å². The summed E-state index contributed by atoms with van der Waals surface area (Å²) in [4.78, 5) is 4.70. The number of aromatic nitrogens is 2. The smallest absolute Gasteiger partial charge is 0.161 e. The van der Waals surface area contributed by atoms with Gasteiger partial charge in [-0.1, -0.05) is 18.2 Å². The van der Waals surface area contributed by atoms with E-state index in [1.54, 1.807) is 14.2 Å². The third-order valence-electron chi connectivity index (χ3n) is 4.09. The zero-order chi connectivity index (χ0) is 17.9. The van der Waals surface area contributed by atoms with Crippen LogP contribution < -0.4 is 14.2 Å². The Balaban J connectivity index is 1.67.